The van der Waals surface area contributed by atoms with E-state index < -0.39 is 11.2 Å². The number of benzene rings is 1. The number of pyridine rings is 1. The van der Waals surface area contributed by atoms with Gasteiger partial charge in [0.1, 0.15) is 11.2 Å². The number of nitrogens with two attached hydrogens (primary N) is 1. The summed E-state index contributed by atoms with van der Waals surface area (Å²) in [5.41, 5.74) is 6.11. The molecule has 1 saturated carbocycles. The van der Waals surface area contributed by atoms with Crippen molar-refractivity contribution < 1.29 is 4.79 Å². The van der Waals surface area contributed by atoms with Crippen LogP contribution in [0.2, 0.25) is 0 Å². The zero-order valence-electron chi connectivity index (χ0n) is 16.4. The second kappa shape index (κ2) is 6.47. The average molecular weight is 395 g/mol. The van der Waals surface area contributed by atoms with Crippen molar-refractivity contribution in [3.05, 3.63) is 61.0 Å². The molecule has 0 bridgehead atoms. The minimum Gasteiger partial charge on any atom is -0.384 e. The summed E-state index contributed by atoms with van der Waals surface area (Å²) in [6.45, 7) is 2.95. The van der Waals surface area contributed by atoms with Gasteiger partial charge in [0.2, 0.25) is 5.91 Å². The number of hydrogen-bond donors (Lipinski definition) is 2. The van der Waals surface area contributed by atoms with Crippen molar-refractivity contribution in [2.45, 2.75) is 32.7 Å². The van der Waals surface area contributed by atoms with Gasteiger partial charge in [0.05, 0.1) is 11.2 Å². The largest absolute Gasteiger partial charge is 0.384 e. The Labute approximate surface area is 165 Å². The molecule has 1 fully saturated rings. The SMILES string of the molecule is CC(=O)Nc1cccc(-n2c(=O)n(C3CC3)c(=O)c3c(N)n(C)c(=O)c(C)c32)c1. The van der Waals surface area contributed by atoms with Gasteiger partial charge in [-0.2, -0.15) is 0 Å². The summed E-state index contributed by atoms with van der Waals surface area (Å²) in [4.78, 5) is 50.6. The van der Waals surface area contributed by atoms with E-state index in [1.807, 2.05) is 0 Å². The van der Waals surface area contributed by atoms with E-state index in [4.69, 9.17) is 5.73 Å². The lowest BCUT2D eigenvalue weighted by atomic mass is 10.1. The Hall–Kier alpha value is -3.62. The average Bonchev–Trinajstić information content (AvgIpc) is 3.49. The maximum absolute atomic E-state index is 13.4. The van der Waals surface area contributed by atoms with Crippen LogP contribution in [0.3, 0.4) is 0 Å². The van der Waals surface area contributed by atoms with Crippen LogP contribution in [0, 0.1) is 6.92 Å². The molecule has 0 atom stereocenters. The second-order valence-corrected chi connectivity index (χ2v) is 7.35. The van der Waals surface area contributed by atoms with Crippen LogP contribution in [-0.2, 0) is 11.8 Å². The number of rotatable bonds is 3. The van der Waals surface area contributed by atoms with Crippen LogP contribution >= 0.6 is 0 Å². The number of carbonyl (C=O) groups excluding carboxylic acids is 1. The van der Waals surface area contributed by atoms with Crippen molar-refractivity contribution in [1.82, 2.24) is 13.7 Å². The first-order valence-corrected chi connectivity index (χ1v) is 9.26. The Bertz CT molecular complexity index is 1360. The standard InChI is InChI=1S/C20H21N5O4/c1-10-16-15(17(21)23(3)18(10)27)19(28)25(13-7-8-13)20(29)24(16)14-6-4-5-12(9-14)22-11(2)26/h4-6,9,13H,7-8,21H2,1-3H3,(H,22,26). The molecule has 9 nitrogen and oxygen atoms in total. The highest BCUT2D eigenvalue weighted by molar-refractivity contribution is 5.92. The first-order valence-electron chi connectivity index (χ1n) is 9.26. The summed E-state index contributed by atoms with van der Waals surface area (Å²) in [5, 5.41) is 2.82. The van der Waals surface area contributed by atoms with Gasteiger partial charge in [-0.15, -0.1) is 0 Å². The van der Waals surface area contributed by atoms with E-state index in [0.717, 1.165) is 12.8 Å². The Morgan fingerprint density at radius 3 is 2.48 bits per heavy atom. The van der Waals surface area contributed by atoms with E-state index in [2.05, 4.69) is 5.32 Å². The second-order valence-electron chi connectivity index (χ2n) is 7.35. The molecule has 1 aromatic carbocycles. The lowest BCUT2D eigenvalue weighted by molar-refractivity contribution is -0.114. The molecule has 3 N–H and O–H groups in total. The molecule has 1 aliphatic carbocycles. The number of aryl methyl sites for hydroxylation is 1. The van der Waals surface area contributed by atoms with Crippen LogP contribution in [0.5, 0.6) is 0 Å². The molecule has 0 radical (unpaired) electrons. The maximum Gasteiger partial charge on any atom is 0.336 e. The van der Waals surface area contributed by atoms with Crippen LogP contribution in [0.25, 0.3) is 16.6 Å². The van der Waals surface area contributed by atoms with E-state index in [1.54, 1.807) is 31.2 Å². The van der Waals surface area contributed by atoms with Crippen LogP contribution in [0.4, 0.5) is 11.5 Å². The highest BCUT2D eigenvalue weighted by Gasteiger charge is 2.31. The summed E-state index contributed by atoms with van der Waals surface area (Å²) < 4.78 is 3.78. The van der Waals surface area contributed by atoms with Gasteiger partial charge in [0, 0.05) is 31.3 Å². The third-order valence-electron chi connectivity index (χ3n) is 5.23. The number of fused-ring (bicyclic) bond motifs is 1. The Morgan fingerprint density at radius 1 is 1.17 bits per heavy atom. The minimum absolute atomic E-state index is 0.0155. The number of anilines is 2. The zero-order valence-corrected chi connectivity index (χ0v) is 16.4. The van der Waals surface area contributed by atoms with E-state index in [9.17, 15) is 19.2 Å². The lowest BCUT2D eigenvalue weighted by Crippen LogP contribution is -2.41. The van der Waals surface area contributed by atoms with Crippen LogP contribution < -0.4 is 27.9 Å². The third kappa shape index (κ3) is 2.86. The number of aromatic nitrogens is 3. The number of amides is 1. The fourth-order valence-electron chi connectivity index (χ4n) is 3.66. The van der Waals surface area contributed by atoms with E-state index in [1.165, 1.54) is 27.7 Å². The molecule has 0 saturated heterocycles. The monoisotopic (exact) mass is 395 g/mol. The molecule has 29 heavy (non-hydrogen) atoms. The van der Waals surface area contributed by atoms with Crippen molar-refractivity contribution in [2.75, 3.05) is 11.1 Å². The van der Waals surface area contributed by atoms with E-state index in [-0.39, 0.29) is 39.8 Å². The molecular weight excluding hydrogens is 374 g/mol. The number of nitrogens with zero attached hydrogens (tertiary/aromatic N) is 3. The van der Waals surface area contributed by atoms with Crippen LogP contribution in [0.1, 0.15) is 31.4 Å². The fraction of sp³-hybridized carbons (Fsp3) is 0.300. The Kier molecular flexibility index (Phi) is 4.18. The van der Waals surface area contributed by atoms with Crippen molar-refractivity contribution in [2.24, 2.45) is 7.05 Å². The molecule has 0 spiro atoms. The predicted octanol–water partition coefficient (Wildman–Crippen LogP) is 1.04. The third-order valence-corrected chi connectivity index (χ3v) is 5.23. The van der Waals surface area contributed by atoms with Crippen LogP contribution in [-0.4, -0.2) is 19.6 Å². The van der Waals surface area contributed by atoms with Gasteiger partial charge in [-0.25, -0.2) is 4.79 Å². The molecule has 0 unspecified atom stereocenters. The summed E-state index contributed by atoms with van der Waals surface area (Å²) >= 11 is 0. The minimum atomic E-state index is -0.527. The van der Waals surface area contributed by atoms with Gasteiger partial charge < -0.3 is 11.1 Å². The normalized spacial score (nSPS) is 13.6. The molecular formula is C20H21N5O4. The van der Waals surface area contributed by atoms with Gasteiger partial charge in [-0.1, -0.05) is 6.07 Å². The topological polar surface area (TPSA) is 121 Å². The summed E-state index contributed by atoms with van der Waals surface area (Å²) in [6, 6.07) is 6.50. The first-order chi connectivity index (χ1) is 13.7. The first kappa shape index (κ1) is 18.7. The van der Waals surface area contributed by atoms with Crippen molar-refractivity contribution in [3.8, 4) is 5.69 Å². The van der Waals surface area contributed by atoms with Crippen molar-refractivity contribution >= 4 is 28.3 Å². The Balaban J connectivity index is 2.20. The molecule has 3 aromatic rings. The molecule has 4 rings (SSSR count). The summed E-state index contributed by atoms with van der Waals surface area (Å²) in [5.74, 6) is -0.238. The fourth-order valence-corrected chi connectivity index (χ4v) is 3.66. The molecule has 9 heteroatoms. The van der Waals surface area contributed by atoms with Gasteiger partial charge in [0.25, 0.3) is 11.1 Å². The predicted molar refractivity (Wildman–Crippen MR) is 111 cm³/mol. The molecule has 150 valence electrons. The van der Waals surface area contributed by atoms with Gasteiger partial charge in [-0.3, -0.25) is 28.1 Å². The van der Waals surface area contributed by atoms with Crippen molar-refractivity contribution in [1.29, 1.82) is 0 Å². The number of nitrogens with one attached hydrogen (secondary N) is 1. The van der Waals surface area contributed by atoms with Gasteiger partial charge in [-0.05, 0) is 38.0 Å². The molecule has 1 amide bonds. The van der Waals surface area contributed by atoms with E-state index in [0.29, 0.717) is 11.4 Å². The molecule has 2 aromatic heterocycles. The number of hydrogen-bond acceptors (Lipinski definition) is 5. The zero-order chi connectivity index (χ0) is 21.0. The smallest absolute Gasteiger partial charge is 0.336 e. The molecule has 1 aliphatic rings. The maximum atomic E-state index is 13.4. The van der Waals surface area contributed by atoms with E-state index >= 15 is 0 Å². The van der Waals surface area contributed by atoms with Gasteiger partial charge in [0.15, 0.2) is 0 Å². The quantitative estimate of drug-likeness (QED) is 0.686. The molecule has 0 aliphatic heterocycles. The highest BCUT2D eigenvalue weighted by atomic mass is 16.2. The lowest BCUT2D eigenvalue weighted by Gasteiger charge is -2.18. The van der Waals surface area contributed by atoms with Crippen LogP contribution in [0.15, 0.2) is 38.6 Å². The summed E-state index contributed by atoms with van der Waals surface area (Å²) in [6.07, 6.45) is 1.47. The Morgan fingerprint density at radius 2 is 1.86 bits per heavy atom. The summed E-state index contributed by atoms with van der Waals surface area (Å²) in [7, 11) is 1.50. The van der Waals surface area contributed by atoms with Gasteiger partial charge >= 0.3 is 5.69 Å². The van der Waals surface area contributed by atoms with Crippen molar-refractivity contribution in [3.63, 3.8) is 0 Å². The molecule has 2 heterocycles. The highest BCUT2D eigenvalue weighted by Crippen LogP contribution is 2.33. The number of carbonyl (C=O) groups is 1. The number of nitrogen functional groups attached to an aromatic ring is 1.